The molecule has 0 atom stereocenters. The van der Waals surface area contributed by atoms with Crippen LogP contribution >= 0.6 is 11.6 Å². The third-order valence-corrected chi connectivity index (χ3v) is 5.89. The number of halogens is 1. The number of aromatic nitrogens is 2. The minimum atomic E-state index is -3.90. The third-order valence-electron chi connectivity index (χ3n) is 4.28. The minimum Gasteiger partial charge on any atom is -0.495 e. The van der Waals surface area contributed by atoms with Gasteiger partial charge in [-0.25, -0.2) is 8.42 Å². The number of hydrogen-bond donors (Lipinski definition) is 2. The van der Waals surface area contributed by atoms with E-state index in [0.29, 0.717) is 16.9 Å². The van der Waals surface area contributed by atoms with Gasteiger partial charge in [0.25, 0.3) is 10.0 Å². The first-order valence-corrected chi connectivity index (χ1v) is 10.3. The second kappa shape index (κ2) is 8.09. The Labute approximate surface area is 158 Å². The number of nitrogens with one attached hydrogen (secondary N) is 2. The molecule has 0 radical (unpaired) electrons. The van der Waals surface area contributed by atoms with Crippen molar-refractivity contribution in [2.75, 3.05) is 17.1 Å². The van der Waals surface area contributed by atoms with Crippen LogP contribution in [0.15, 0.2) is 35.2 Å². The Hall–Kier alpha value is -2.06. The third kappa shape index (κ3) is 4.56. The second-order valence-corrected chi connectivity index (χ2v) is 8.27. The molecule has 2 N–H and O–H groups in total. The Bertz CT molecular complexity index is 853. The van der Waals surface area contributed by atoms with E-state index in [4.69, 9.17) is 16.3 Å². The van der Waals surface area contributed by atoms with Crippen LogP contribution in [0.2, 0.25) is 5.02 Å². The maximum absolute atomic E-state index is 12.6. The van der Waals surface area contributed by atoms with E-state index < -0.39 is 10.0 Å². The molecule has 2 aromatic rings. The molecule has 1 aliphatic carbocycles. The standard InChI is InChI=1S/C17H21ClN4O3S/c1-25-14-8-7-12(18)11-15(14)26(23,24)22-17-10-9-16(20-21-17)19-13-5-3-2-4-6-13/h7-11,13H,2-6H2,1H3,(H,19,20)(H,21,22). The Morgan fingerprint density at radius 3 is 2.42 bits per heavy atom. The van der Waals surface area contributed by atoms with Crippen LogP contribution in [0.5, 0.6) is 5.75 Å². The van der Waals surface area contributed by atoms with Gasteiger partial charge in [-0.15, -0.1) is 10.2 Å². The number of methoxy groups -OCH3 is 1. The highest BCUT2D eigenvalue weighted by Crippen LogP contribution is 2.28. The highest BCUT2D eigenvalue weighted by Gasteiger charge is 2.21. The van der Waals surface area contributed by atoms with Crippen molar-refractivity contribution in [2.24, 2.45) is 0 Å². The van der Waals surface area contributed by atoms with Gasteiger partial charge in [-0.05, 0) is 43.2 Å². The van der Waals surface area contributed by atoms with Gasteiger partial charge < -0.3 is 10.1 Å². The number of rotatable bonds is 6. The van der Waals surface area contributed by atoms with Crippen molar-refractivity contribution in [1.82, 2.24) is 10.2 Å². The summed E-state index contributed by atoms with van der Waals surface area (Å²) in [5.41, 5.74) is 0. The number of benzene rings is 1. The number of anilines is 2. The van der Waals surface area contributed by atoms with Crippen molar-refractivity contribution < 1.29 is 13.2 Å². The predicted octanol–water partition coefficient (Wildman–Crippen LogP) is 3.68. The summed E-state index contributed by atoms with van der Waals surface area (Å²) in [5, 5.41) is 11.7. The summed E-state index contributed by atoms with van der Waals surface area (Å²) in [5.74, 6) is 0.965. The summed E-state index contributed by atoms with van der Waals surface area (Å²) < 4.78 is 32.7. The summed E-state index contributed by atoms with van der Waals surface area (Å²) in [7, 11) is -2.50. The van der Waals surface area contributed by atoms with Crippen molar-refractivity contribution in [1.29, 1.82) is 0 Å². The van der Waals surface area contributed by atoms with Gasteiger partial charge >= 0.3 is 0 Å². The van der Waals surface area contributed by atoms with Gasteiger partial charge in [-0.3, -0.25) is 4.72 Å². The molecule has 0 amide bonds. The Balaban J connectivity index is 1.73. The van der Waals surface area contributed by atoms with Crippen LogP contribution in [0.1, 0.15) is 32.1 Å². The van der Waals surface area contributed by atoms with E-state index in [9.17, 15) is 8.42 Å². The van der Waals surface area contributed by atoms with Crippen molar-refractivity contribution in [2.45, 2.75) is 43.0 Å². The lowest BCUT2D eigenvalue weighted by Crippen LogP contribution is -2.23. The Kier molecular flexibility index (Phi) is 5.83. The van der Waals surface area contributed by atoms with Gasteiger partial charge in [0.2, 0.25) is 0 Å². The molecule has 140 valence electrons. The van der Waals surface area contributed by atoms with E-state index in [1.807, 2.05) is 0 Å². The first-order valence-electron chi connectivity index (χ1n) is 8.44. The molecule has 26 heavy (non-hydrogen) atoms. The molecule has 0 unspecified atom stereocenters. The Morgan fingerprint density at radius 2 is 1.77 bits per heavy atom. The van der Waals surface area contributed by atoms with Crippen molar-refractivity contribution in [3.8, 4) is 5.75 Å². The maximum atomic E-state index is 12.6. The Morgan fingerprint density at radius 1 is 1.08 bits per heavy atom. The zero-order valence-electron chi connectivity index (χ0n) is 14.4. The molecule has 1 aromatic carbocycles. The van der Waals surface area contributed by atoms with Gasteiger partial charge in [0, 0.05) is 11.1 Å². The average Bonchev–Trinajstić information content (AvgIpc) is 2.64. The zero-order chi connectivity index (χ0) is 18.6. The first kappa shape index (κ1) is 18.7. The molecule has 1 aromatic heterocycles. The molecular weight excluding hydrogens is 376 g/mol. The molecule has 1 saturated carbocycles. The maximum Gasteiger partial charge on any atom is 0.266 e. The van der Waals surface area contributed by atoms with Crippen molar-refractivity contribution >= 4 is 33.3 Å². The topological polar surface area (TPSA) is 93.2 Å². The van der Waals surface area contributed by atoms with Crippen LogP contribution < -0.4 is 14.8 Å². The van der Waals surface area contributed by atoms with E-state index in [1.54, 1.807) is 18.2 Å². The van der Waals surface area contributed by atoms with Gasteiger partial charge in [-0.2, -0.15) is 0 Å². The van der Waals surface area contributed by atoms with Crippen LogP contribution in [0.25, 0.3) is 0 Å². The van der Waals surface area contributed by atoms with Crippen LogP contribution in [0.3, 0.4) is 0 Å². The van der Waals surface area contributed by atoms with Crippen molar-refractivity contribution in [3.63, 3.8) is 0 Å². The fraction of sp³-hybridized carbons (Fsp3) is 0.412. The molecule has 0 aliphatic heterocycles. The second-order valence-electron chi connectivity index (χ2n) is 6.18. The van der Waals surface area contributed by atoms with E-state index in [-0.39, 0.29) is 16.5 Å². The fourth-order valence-electron chi connectivity index (χ4n) is 2.97. The lowest BCUT2D eigenvalue weighted by molar-refractivity contribution is 0.403. The fourth-order valence-corrected chi connectivity index (χ4v) is 4.40. The van der Waals surface area contributed by atoms with Crippen molar-refractivity contribution in [3.05, 3.63) is 35.4 Å². The lowest BCUT2D eigenvalue weighted by Gasteiger charge is -2.22. The molecule has 1 aliphatic rings. The lowest BCUT2D eigenvalue weighted by atomic mass is 9.95. The SMILES string of the molecule is COc1ccc(Cl)cc1S(=O)(=O)Nc1ccc(NC2CCCCC2)nn1. The van der Waals surface area contributed by atoms with E-state index >= 15 is 0 Å². The molecule has 9 heteroatoms. The smallest absolute Gasteiger partial charge is 0.266 e. The monoisotopic (exact) mass is 396 g/mol. The largest absolute Gasteiger partial charge is 0.495 e. The summed E-state index contributed by atoms with van der Waals surface area (Å²) in [6, 6.07) is 8.08. The first-order chi connectivity index (χ1) is 12.5. The van der Waals surface area contributed by atoms with Gasteiger partial charge in [0.15, 0.2) is 5.82 Å². The van der Waals surface area contributed by atoms with Gasteiger partial charge in [0.05, 0.1) is 7.11 Å². The van der Waals surface area contributed by atoms with Gasteiger partial charge in [0.1, 0.15) is 16.5 Å². The number of nitrogens with zero attached hydrogens (tertiary/aromatic N) is 2. The van der Waals surface area contributed by atoms with Crippen LogP contribution in [0, 0.1) is 0 Å². The molecule has 0 spiro atoms. The van der Waals surface area contributed by atoms with E-state index in [1.165, 1.54) is 38.5 Å². The number of ether oxygens (including phenoxy) is 1. The molecule has 0 bridgehead atoms. The zero-order valence-corrected chi connectivity index (χ0v) is 16.0. The van der Waals surface area contributed by atoms with Crippen LogP contribution in [-0.4, -0.2) is 31.8 Å². The molecule has 3 rings (SSSR count). The highest BCUT2D eigenvalue weighted by atomic mass is 35.5. The minimum absolute atomic E-state index is 0.0568. The summed E-state index contributed by atoms with van der Waals surface area (Å²) in [4.78, 5) is -0.0568. The van der Waals surface area contributed by atoms with Gasteiger partial charge in [-0.1, -0.05) is 30.9 Å². The van der Waals surface area contributed by atoms with Crippen LogP contribution in [-0.2, 0) is 10.0 Å². The molecule has 1 heterocycles. The summed E-state index contributed by atoms with van der Waals surface area (Å²) in [6.45, 7) is 0. The predicted molar refractivity (Wildman–Crippen MR) is 101 cm³/mol. The number of sulfonamides is 1. The normalized spacial score (nSPS) is 15.5. The summed E-state index contributed by atoms with van der Waals surface area (Å²) in [6.07, 6.45) is 5.93. The average molecular weight is 397 g/mol. The summed E-state index contributed by atoms with van der Waals surface area (Å²) >= 11 is 5.91. The molecular formula is C17H21ClN4O3S. The van der Waals surface area contributed by atoms with E-state index in [0.717, 1.165) is 12.8 Å². The van der Waals surface area contributed by atoms with E-state index in [2.05, 4.69) is 20.2 Å². The van der Waals surface area contributed by atoms with Crippen LogP contribution in [0.4, 0.5) is 11.6 Å². The quantitative estimate of drug-likeness (QED) is 0.773. The number of hydrogen-bond acceptors (Lipinski definition) is 6. The highest BCUT2D eigenvalue weighted by molar-refractivity contribution is 7.92. The molecule has 0 saturated heterocycles. The molecule has 7 nitrogen and oxygen atoms in total. The molecule has 1 fully saturated rings.